The minimum Gasteiger partial charge on any atom is -0.495 e. The molecule has 12 heteroatoms. The lowest BCUT2D eigenvalue weighted by atomic mass is 10.1. The van der Waals surface area contributed by atoms with Crippen molar-refractivity contribution >= 4 is 46.3 Å². The van der Waals surface area contributed by atoms with Gasteiger partial charge in [-0.1, -0.05) is 36.4 Å². The highest BCUT2D eigenvalue weighted by Gasteiger charge is 2.36. The van der Waals surface area contributed by atoms with Gasteiger partial charge >= 0.3 is 0 Å². The summed E-state index contributed by atoms with van der Waals surface area (Å²) in [7, 11) is 2.94. The molecular weight excluding hydrogens is 526 g/mol. The van der Waals surface area contributed by atoms with Gasteiger partial charge in [0.05, 0.1) is 36.3 Å². The van der Waals surface area contributed by atoms with Crippen LogP contribution in [0.25, 0.3) is 6.08 Å². The predicted octanol–water partition coefficient (Wildman–Crippen LogP) is 4.87. The monoisotopic (exact) mass is 549 g/mol. The molecule has 4 rings (SSSR count). The summed E-state index contributed by atoms with van der Waals surface area (Å²) in [5, 5.41) is 13.5. The molecule has 1 aliphatic heterocycles. The summed E-state index contributed by atoms with van der Waals surface area (Å²) < 4.78 is 16.2. The van der Waals surface area contributed by atoms with Crippen LogP contribution in [0, 0.1) is 10.1 Å². The molecule has 0 unspecified atom stereocenters. The molecule has 0 radical (unpaired) electrons. The molecule has 0 atom stereocenters. The van der Waals surface area contributed by atoms with Crippen molar-refractivity contribution in [2.45, 2.75) is 6.54 Å². The van der Waals surface area contributed by atoms with Gasteiger partial charge in [-0.15, -0.1) is 0 Å². The topological polar surface area (TPSA) is 137 Å². The molecule has 0 aliphatic carbocycles. The molecule has 200 valence electrons. The van der Waals surface area contributed by atoms with Gasteiger partial charge in [0.2, 0.25) is 0 Å². The number of para-hydroxylation sites is 3. The van der Waals surface area contributed by atoms with E-state index in [1.54, 1.807) is 48.5 Å². The lowest BCUT2D eigenvalue weighted by molar-refractivity contribution is -0.385. The molecular formula is C27H23N3O8S. The summed E-state index contributed by atoms with van der Waals surface area (Å²) in [4.78, 5) is 49.7. The van der Waals surface area contributed by atoms with Crippen molar-refractivity contribution < 1.29 is 33.5 Å². The van der Waals surface area contributed by atoms with Crippen LogP contribution >= 0.6 is 11.8 Å². The first kappa shape index (κ1) is 27.2. The highest BCUT2D eigenvalue weighted by molar-refractivity contribution is 8.18. The van der Waals surface area contributed by atoms with Crippen LogP contribution in [0.4, 0.5) is 16.2 Å². The molecule has 0 spiro atoms. The molecule has 1 N–H and O–H groups in total. The Kier molecular flexibility index (Phi) is 8.46. The normalized spacial score (nSPS) is 13.9. The van der Waals surface area contributed by atoms with E-state index in [-0.39, 0.29) is 29.3 Å². The maximum absolute atomic E-state index is 12.9. The van der Waals surface area contributed by atoms with Crippen LogP contribution in [0.2, 0.25) is 0 Å². The van der Waals surface area contributed by atoms with Crippen LogP contribution in [-0.4, -0.2) is 47.7 Å². The molecule has 0 bridgehead atoms. The second kappa shape index (κ2) is 12.1. The van der Waals surface area contributed by atoms with Gasteiger partial charge in [-0.3, -0.25) is 29.4 Å². The van der Waals surface area contributed by atoms with Crippen LogP contribution in [0.1, 0.15) is 11.1 Å². The van der Waals surface area contributed by atoms with Crippen molar-refractivity contribution in [3.8, 4) is 17.2 Å². The SMILES string of the molecule is COc1ccccc1NC(=O)COc1ccc(/C=C2\SC(=O)N(Cc3ccccc3[N+](=O)[O-])C2=O)cc1OC. The molecule has 39 heavy (non-hydrogen) atoms. The molecule has 1 heterocycles. The van der Waals surface area contributed by atoms with Gasteiger partial charge in [0, 0.05) is 11.6 Å². The first-order valence-electron chi connectivity index (χ1n) is 11.5. The number of nitrogens with one attached hydrogen (secondary N) is 1. The van der Waals surface area contributed by atoms with Crippen molar-refractivity contribution in [3.63, 3.8) is 0 Å². The first-order valence-corrected chi connectivity index (χ1v) is 12.3. The lowest BCUT2D eigenvalue weighted by Gasteiger charge is -2.13. The van der Waals surface area contributed by atoms with Crippen molar-refractivity contribution in [2.24, 2.45) is 0 Å². The number of rotatable bonds is 10. The van der Waals surface area contributed by atoms with Crippen molar-refractivity contribution in [3.05, 3.63) is 92.9 Å². The van der Waals surface area contributed by atoms with E-state index in [4.69, 9.17) is 14.2 Å². The molecule has 1 saturated heterocycles. The number of carbonyl (C=O) groups is 3. The summed E-state index contributed by atoms with van der Waals surface area (Å²) >= 11 is 0.739. The minimum atomic E-state index is -0.560. The number of methoxy groups -OCH3 is 2. The minimum absolute atomic E-state index is 0.158. The number of amides is 3. The highest BCUT2D eigenvalue weighted by atomic mass is 32.2. The molecule has 3 aromatic rings. The van der Waals surface area contributed by atoms with Crippen LogP contribution in [-0.2, 0) is 16.1 Å². The van der Waals surface area contributed by atoms with E-state index in [1.807, 2.05) is 0 Å². The smallest absolute Gasteiger partial charge is 0.293 e. The summed E-state index contributed by atoms with van der Waals surface area (Å²) in [5.41, 5.74) is 1.14. The van der Waals surface area contributed by atoms with E-state index in [0.29, 0.717) is 28.5 Å². The number of nitro benzene ring substituents is 1. The van der Waals surface area contributed by atoms with Crippen LogP contribution < -0.4 is 19.5 Å². The Morgan fingerprint density at radius 2 is 1.72 bits per heavy atom. The van der Waals surface area contributed by atoms with Crippen LogP contribution in [0.5, 0.6) is 17.2 Å². The average Bonchev–Trinajstić information content (AvgIpc) is 3.19. The standard InChI is InChI=1S/C27H23N3O8S/c1-36-21-10-6-4-8-19(21)28-25(31)16-38-22-12-11-17(13-23(22)37-2)14-24-26(32)29(27(33)39-24)15-18-7-3-5-9-20(18)30(34)35/h3-14H,15-16H2,1-2H3,(H,28,31)/b24-14-. The summed E-state index contributed by atoms with van der Waals surface area (Å²) in [6, 6.07) is 17.8. The summed E-state index contributed by atoms with van der Waals surface area (Å²) in [6.07, 6.45) is 1.52. The van der Waals surface area contributed by atoms with Crippen LogP contribution in [0.15, 0.2) is 71.6 Å². The second-order valence-electron chi connectivity index (χ2n) is 8.10. The Bertz CT molecular complexity index is 1470. The Morgan fingerprint density at radius 3 is 2.46 bits per heavy atom. The van der Waals surface area contributed by atoms with Gasteiger partial charge in [0.25, 0.3) is 22.7 Å². The third-order valence-corrected chi connectivity index (χ3v) is 6.52. The second-order valence-corrected chi connectivity index (χ2v) is 9.09. The van der Waals surface area contributed by atoms with E-state index in [2.05, 4.69) is 5.32 Å². The Morgan fingerprint density at radius 1 is 1.00 bits per heavy atom. The van der Waals surface area contributed by atoms with Crippen molar-refractivity contribution in [1.82, 2.24) is 4.90 Å². The number of nitrogens with zero attached hydrogens (tertiary/aromatic N) is 2. The van der Waals surface area contributed by atoms with Crippen molar-refractivity contribution in [1.29, 1.82) is 0 Å². The third-order valence-electron chi connectivity index (χ3n) is 5.62. The number of hydrogen-bond acceptors (Lipinski definition) is 9. The number of carbonyl (C=O) groups excluding carboxylic acids is 3. The van der Waals surface area contributed by atoms with Gasteiger partial charge in [0.15, 0.2) is 18.1 Å². The Labute approximate surface area is 227 Å². The fourth-order valence-corrected chi connectivity index (χ4v) is 4.59. The summed E-state index contributed by atoms with van der Waals surface area (Å²) in [6.45, 7) is -0.509. The highest BCUT2D eigenvalue weighted by Crippen LogP contribution is 2.36. The molecule has 0 aromatic heterocycles. The number of ether oxygens (including phenoxy) is 3. The zero-order valence-electron chi connectivity index (χ0n) is 20.9. The molecule has 1 aliphatic rings. The Hall–Kier alpha value is -4.84. The first-order chi connectivity index (χ1) is 18.8. The van der Waals surface area contributed by atoms with Gasteiger partial charge in [-0.2, -0.15) is 0 Å². The predicted molar refractivity (Wildman–Crippen MR) is 145 cm³/mol. The number of imide groups is 1. The van der Waals surface area contributed by atoms with E-state index in [0.717, 1.165) is 16.7 Å². The van der Waals surface area contributed by atoms with Crippen LogP contribution in [0.3, 0.4) is 0 Å². The van der Waals surface area contributed by atoms with Gasteiger partial charge in [-0.25, -0.2) is 0 Å². The number of benzene rings is 3. The summed E-state index contributed by atoms with van der Waals surface area (Å²) in [5.74, 6) is 0.162. The maximum Gasteiger partial charge on any atom is 0.293 e. The fourth-order valence-electron chi connectivity index (χ4n) is 3.75. The average molecular weight is 550 g/mol. The molecule has 3 amide bonds. The Balaban J connectivity index is 1.44. The largest absolute Gasteiger partial charge is 0.495 e. The molecule has 3 aromatic carbocycles. The molecule has 1 fully saturated rings. The van der Waals surface area contributed by atoms with E-state index in [9.17, 15) is 24.5 Å². The quantitative estimate of drug-likeness (QED) is 0.213. The zero-order valence-corrected chi connectivity index (χ0v) is 21.7. The molecule has 11 nitrogen and oxygen atoms in total. The van der Waals surface area contributed by atoms with E-state index in [1.165, 1.54) is 38.5 Å². The zero-order chi connectivity index (χ0) is 27.9. The van der Waals surface area contributed by atoms with Gasteiger partial charge in [0.1, 0.15) is 5.75 Å². The van der Waals surface area contributed by atoms with Gasteiger partial charge < -0.3 is 19.5 Å². The number of nitro groups is 1. The van der Waals surface area contributed by atoms with E-state index < -0.39 is 22.0 Å². The van der Waals surface area contributed by atoms with Crippen molar-refractivity contribution in [2.75, 3.05) is 26.1 Å². The third kappa shape index (κ3) is 6.36. The number of thioether (sulfide) groups is 1. The number of hydrogen-bond donors (Lipinski definition) is 1. The van der Waals surface area contributed by atoms with Gasteiger partial charge in [-0.05, 0) is 47.7 Å². The number of anilines is 1. The maximum atomic E-state index is 12.9. The molecule has 0 saturated carbocycles. The fraction of sp³-hybridized carbons (Fsp3) is 0.148. The van der Waals surface area contributed by atoms with E-state index >= 15 is 0 Å². The lowest BCUT2D eigenvalue weighted by Crippen LogP contribution is -2.27.